The van der Waals surface area contributed by atoms with E-state index in [0.29, 0.717) is 95.0 Å². The van der Waals surface area contributed by atoms with Gasteiger partial charge in [0.1, 0.15) is 75.6 Å². The number of nitrogens with one attached hydrogen (secondary N) is 3. The highest BCUT2D eigenvalue weighted by atomic mass is 35.5. The normalized spacial score (nSPS) is 25.5. The number of anilines is 8. The fraction of sp³-hybridized carbons (Fsp3) is 0.520. The lowest BCUT2D eigenvalue weighted by molar-refractivity contribution is -0.154. The SMILES string of the molecule is CC(=O)N1CCN(c2ncnc3c2CN(c2cc(Cl)nc4c2C=CC4)[C@H](C)C3)CC1.CCC(=O)NC1C2CCC1CN(c1ncnc3c1CN(c1cc(Cl)nc4c1C=CC4)[C@H](C)C3)C2.C[C@@H]1Cc2ncnc(N3CC4CCC(C3)C4NC(=O)CC(F)(F)F)c2CN1c1cc(Cl)nc2c1C=CC2.C[C@@H]1Cc2ncnc(N3CC4CCC(C3)C4NS(C)(=O)=O)c2CN1c1cc(Cl)nc2c1C=CC2. The number of allylic oxidation sites excluding steroid dienone is 4. The van der Waals surface area contributed by atoms with Gasteiger partial charge in [-0.05, 0) is 126 Å². The van der Waals surface area contributed by atoms with E-state index in [0.717, 1.165) is 256 Å². The van der Waals surface area contributed by atoms with Crippen molar-refractivity contribution >= 4 is 144 Å². The van der Waals surface area contributed by atoms with Gasteiger partial charge in [-0.3, -0.25) is 14.4 Å². The highest BCUT2D eigenvalue weighted by Gasteiger charge is 2.49. The molecule has 6 bridgehead atoms. The van der Waals surface area contributed by atoms with Crippen molar-refractivity contribution in [1.29, 1.82) is 0 Å². The molecule has 37 heteroatoms. The maximum atomic E-state index is 12.7. The number of sulfonamides is 1. The fourth-order valence-corrected chi connectivity index (χ4v) is 25.8. The first-order valence-corrected chi connectivity index (χ1v) is 51.0. The third kappa shape index (κ3) is 18.9. The van der Waals surface area contributed by atoms with E-state index in [2.05, 4.69) is 181 Å². The van der Waals surface area contributed by atoms with Gasteiger partial charge in [0.15, 0.2) is 0 Å². The van der Waals surface area contributed by atoms with Crippen LogP contribution in [0.5, 0.6) is 0 Å². The van der Waals surface area contributed by atoms with E-state index in [1.807, 2.05) is 36.1 Å². The zero-order valence-corrected chi connectivity index (χ0v) is 80.8. The highest BCUT2D eigenvalue weighted by Crippen LogP contribution is 2.49. The van der Waals surface area contributed by atoms with Crippen LogP contribution in [0.15, 0.2) is 73.9 Å². The molecular formula is C98H113Cl4F3N24O5S. The molecule has 135 heavy (non-hydrogen) atoms. The molecule has 8 aromatic heterocycles. The maximum Gasteiger partial charge on any atom is 0.397 e. The zero-order valence-electron chi connectivity index (χ0n) is 76.9. The number of alkyl halides is 3. The molecule has 0 aromatic carbocycles. The van der Waals surface area contributed by atoms with Crippen molar-refractivity contribution < 1.29 is 36.0 Å². The minimum Gasteiger partial charge on any atom is -0.363 e. The molecule has 4 saturated heterocycles. The van der Waals surface area contributed by atoms with E-state index >= 15 is 0 Å². The minimum atomic E-state index is -4.50. The molecule has 3 N–H and O–H groups in total. The van der Waals surface area contributed by atoms with Gasteiger partial charge in [-0.25, -0.2) is 72.9 Å². The Hall–Kier alpha value is -10.5. The molecule has 6 unspecified atom stereocenters. The van der Waals surface area contributed by atoms with Crippen LogP contribution in [0.2, 0.25) is 20.6 Å². The average molecular weight is 1940 g/mol. The van der Waals surface area contributed by atoms with Crippen LogP contribution in [0, 0.1) is 35.5 Å². The lowest BCUT2D eigenvalue weighted by atomic mass is 9.91. The highest BCUT2D eigenvalue weighted by molar-refractivity contribution is 7.88. The molecule has 710 valence electrons. The van der Waals surface area contributed by atoms with Crippen molar-refractivity contribution in [2.75, 3.05) is 111 Å². The standard InChI is InChI=1S/C26H28ClF3N6O.C26H31ClN6O.C24H29ClN6O2S.C22H25ClN6O/c1-14-7-20-18(12-36(14)21-8-22(27)33-19-4-2-3-17(19)21)25(32-13-31-20)35-10-15-5-6-16(11-35)24(15)34-23(37)9-26(28,29)30;1-3-24(34)31-25-16-7-8-17(25)12-32(11-16)26-19-13-33(15(2)9-21(19)28-14-29-26)22-10-23(27)30-20-6-4-5-18(20)22;1-14-8-20-18(12-31(14)21-9-22(25)28-19-5-3-4-17(19)21)24(27-13-26-20)30-10-15-6-7-16(11-30)23(15)29-34(2,32)33;1-14-10-19-17(12-29(14)20-11-21(23)26-18-5-3-4-16(18)20)22(25-13-24-19)28-8-6-27(7-9-28)15(2)30/h2-3,8,13-16,24H,4-7,9-12H2,1H3,(H,34,37);4-5,10,14-17,25H,3,6-9,11-13H2,1-2H3,(H,31,34);3-4,9,13-16,23,29H,5-8,10-12H2,1-2H3;3-4,11,13-14H,5-10,12H2,1-2H3/t14-,15?,16?,24?;15-,16?,17?,25?;14-,15?,16?,23?;14-/m1111/s1. The molecule has 23 rings (SSSR count). The number of piperidine rings is 3. The van der Waals surface area contributed by atoms with E-state index in [1.54, 1.807) is 32.2 Å². The summed E-state index contributed by atoms with van der Waals surface area (Å²) in [5.74, 6) is 5.01. The molecule has 8 aliphatic heterocycles. The lowest BCUT2D eigenvalue weighted by Crippen LogP contribution is -2.53. The predicted octanol–water partition coefficient (Wildman–Crippen LogP) is 13.6. The van der Waals surface area contributed by atoms with Crippen molar-refractivity contribution in [2.45, 2.75) is 219 Å². The second-order valence-corrected chi connectivity index (χ2v) is 42.5. The van der Waals surface area contributed by atoms with E-state index in [4.69, 9.17) is 56.4 Å². The number of rotatable bonds is 14. The largest absolute Gasteiger partial charge is 0.397 e. The van der Waals surface area contributed by atoms with Crippen LogP contribution in [-0.4, -0.2) is 211 Å². The molecule has 0 spiro atoms. The van der Waals surface area contributed by atoms with Gasteiger partial charge in [0.2, 0.25) is 27.7 Å². The van der Waals surface area contributed by atoms with Crippen molar-refractivity contribution in [3.05, 3.63) is 185 Å². The average Bonchev–Trinajstić information content (AvgIpc) is 1.74. The Morgan fingerprint density at radius 1 is 0.407 bits per heavy atom. The number of carbonyl (C=O) groups excluding carboxylic acids is 3. The van der Waals surface area contributed by atoms with E-state index < -0.39 is 28.5 Å². The van der Waals surface area contributed by atoms with E-state index in [9.17, 15) is 36.0 Å². The predicted molar refractivity (Wildman–Crippen MR) is 520 cm³/mol. The van der Waals surface area contributed by atoms with Gasteiger partial charge in [-0.1, -0.05) is 102 Å². The first-order chi connectivity index (χ1) is 64.9. The van der Waals surface area contributed by atoms with Gasteiger partial charge < -0.3 is 54.7 Å². The number of carbonyl (C=O) groups is 3. The van der Waals surface area contributed by atoms with Crippen LogP contribution in [-0.2, 0) is 102 Å². The van der Waals surface area contributed by atoms with Crippen LogP contribution in [0.25, 0.3) is 24.3 Å². The van der Waals surface area contributed by atoms with E-state index in [-0.39, 0.29) is 47.8 Å². The summed E-state index contributed by atoms with van der Waals surface area (Å²) in [6, 6.07) is 9.05. The van der Waals surface area contributed by atoms with Gasteiger partial charge in [0, 0.05) is 266 Å². The fourth-order valence-electron chi connectivity index (χ4n) is 24.1. The molecule has 7 aliphatic carbocycles. The quantitative estimate of drug-likeness (QED) is 0.0852. The van der Waals surface area contributed by atoms with Crippen LogP contribution in [0.3, 0.4) is 0 Å². The van der Waals surface area contributed by atoms with Crippen LogP contribution in [0.1, 0.15) is 183 Å². The number of nitrogens with zero attached hydrogens (tertiary/aromatic N) is 21. The molecule has 3 amide bonds. The molecule has 0 radical (unpaired) electrons. The Bertz CT molecular complexity index is 6180. The number of fused-ring (bicyclic) bond motifs is 14. The summed E-state index contributed by atoms with van der Waals surface area (Å²) in [6.45, 7) is 23.1. The molecule has 3 saturated carbocycles. The Balaban J connectivity index is 0.000000112. The van der Waals surface area contributed by atoms with E-state index in [1.165, 1.54) is 41.4 Å². The molecule has 7 fully saturated rings. The Labute approximate surface area is 805 Å². The lowest BCUT2D eigenvalue weighted by Gasteiger charge is -2.42. The zero-order chi connectivity index (χ0) is 93.7. The van der Waals surface area contributed by atoms with Gasteiger partial charge in [-0.2, -0.15) is 13.2 Å². The van der Waals surface area contributed by atoms with Gasteiger partial charge in [0.05, 0.1) is 51.8 Å². The molecule has 8 aromatic rings. The molecule has 10 atom stereocenters. The van der Waals surface area contributed by atoms with Crippen LogP contribution < -0.4 is 54.6 Å². The monoisotopic (exact) mass is 1930 g/mol. The number of halogens is 7. The number of pyridine rings is 4. The summed E-state index contributed by atoms with van der Waals surface area (Å²) in [4.78, 5) is 112. The van der Waals surface area contributed by atoms with Crippen LogP contribution >= 0.6 is 46.4 Å². The first kappa shape index (κ1) is 92.3. The summed E-state index contributed by atoms with van der Waals surface area (Å²) in [7, 11) is -3.22. The summed E-state index contributed by atoms with van der Waals surface area (Å²) in [5, 5.41) is 8.07. The molecule has 16 heterocycles. The second-order valence-electron chi connectivity index (χ2n) is 39.2. The third-order valence-electron chi connectivity index (χ3n) is 30.5. The van der Waals surface area contributed by atoms with Crippen LogP contribution in [0.4, 0.5) is 59.2 Å². The number of amides is 3. The third-order valence-corrected chi connectivity index (χ3v) is 32.0. The minimum absolute atomic E-state index is 0.0220. The van der Waals surface area contributed by atoms with Crippen molar-refractivity contribution in [3.63, 3.8) is 0 Å². The maximum absolute atomic E-state index is 12.7. The number of hydrogen-bond donors (Lipinski definition) is 3. The van der Waals surface area contributed by atoms with Crippen molar-refractivity contribution in [1.82, 2.24) is 80.1 Å². The van der Waals surface area contributed by atoms with Gasteiger partial charge in [0.25, 0.3) is 0 Å². The Morgan fingerprint density at radius 2 is 0.689 bits per heavy atom. The second kappa shape index (κ2) is 37.8. The van der Waals surface area contributed by atoms with Crippen molar-refractivity contribution in [3.8, 4) is 0 Å². The number of piperazine rings is 1. The summed E-state index contributed by atoms with van der Waals surface area (Å²) in [6.07, 6.45) is 32.4. The van der Waals surface area contributed by atoms with Crippen molar-refractivity contribution in [2.24, 2.45) is 35.5 Å². The topological polar surface area (TPSA) is 305 Å². The molecular weight excluding hydrogens is 1820 g/mol. The number of aromatic nitrogens is 12. The Kier molecular flexibility index (Phi) is 25.8. The summed E-state index contributed by atoms with van der Waals surface area (Å²) >= 11 is 25.6. The number of hydrogen-bond acceptors (Lipinski definition) is 25. The summed E-state index contributed by atoms with van der Waals surface area (Å²) < 4.78 is 64.8. The van der Waals surface area contributed by atoms with Gasteiger partial charge >= 0.3 is 6.18 Å². The smallest absolute Gasteiger partial charge is 0.363 e. The molecule has 29 nitrogen and oxygen atoms in total. The molecule has 15 aliphatic rings. The summed E-state index contributed by atoms with van der Waals surface area (Å²) in [5.41, 5.74) is 22.2. The first-order valence-electron chi connectivity index (χ1n) is 47.6. The Morgan fingerprint density at radius 3 is 0.963 bits per heavy atom. The van der Waals surface area contributed by atoms with Gasteiger partial charge in [-0.15, -0.1) is 0 Å².